The van der Waals surface area contributed by atoms with Crippen molar-refractivity contribution in [3.63, 3.8) is 0 Å². The van der Waals surface area contributed by atoms with Crippen LogP contribution in [0.25, 0.3) is 0 Å². The van der Waals surface area contributed by atoms with E-state index in [4.69, 9.17) is 0 Å². The average molecular weight is 325 g/mol. The van der Waals surface area contributed by atoms with Gasteiger partial charge in [0, 0.05) is 29.3 Å². The van der Waals surface area contributed by atoms with Crippen LogP contribution in [0.4, 0.5) is 10.1 Å². The first-order valence-electron chi connectivity index (χ1n) is 5.40. The van der Waals surface area contributed by atoms with Crippen molar-refractivity contribution in [3.8, 4) is 0 Å². The van der Waals surface area contributed by atoms with Gasteiger partial charge in [0.15, 0.2) is 0 Å². The second kappa shape index (κ2) is 5.36. The van der Waals surface area contributed by atoms with Crippen LogP contribution in [0.3, 0.4) is 0 Å². The van der Waals surface area contributed by atoms with Crippen molar-refractivity contribution in [1.29, 1.82) is 0 Å². The van der Waals surface area contributed by atoms with E-state index in [0.29, 0.717) is 10.2 Å². The van der Waals surface area contributed by atoms with Crippen LogP contribution in [0.15, 0.2) is 45.8 Å². The average Bonchev–Trinajstić information content (AvgIpc) is 2.37. The van der Waals surface area contributed by atoms with Gasteiger partial charge in [0.2, 0.25) is 0 Å². The second-order valence-corrected chi connectivity index (χ2v) is 4.80. The third-order valence-electron chi connectivity index (χ3n) is 2.54. The Hall–Kier alpha value is -1.95. The van der Waals surface area contributed by atoms with Crippen LogP contribution in [0.1, 0.15) is 10.4 Å². The maximum atomic E-state index is 13.1. The van der Waals surface area contributed by atoms with Gasteiger partial charge in [-0.25, -0.2) is 4.39 Å². The summed E-state index contributed by atoms with van der Waals surface area (Å²) in [6, 6.07) is 6.71. The number of hydrogen-bond donors (Lipinski definition) is 1. The highest BCUT2D eigenvalue weighted by atomic mass is 79.9. The van der Waals surface area contributed by atoms with Crippen molar-refractivity contribution in [2.75, 3.05) is 5.32 Å². The van der Waals surface area contributed by atoms with E-state index in [1.54, 1.807) is 7.05 Å². The molecule has 1 aromatic carbocycles. The molecular weight excluding hydrogens is 315 g/mol. The lowest BCUT2D eigenvalue weighted by Crippen LogP contribution is -2.20. The molecule has 1 amide bonds. The Bertz CT molecular complexity index is 697. The molecule has 0 spiro atoms. The van der Waals surface area contributed by atoms with E-state index in [2.05, 4.69) is 21.2 Å². The maximum Gasteiger partial charge on any atom is 0.255 e. The molecule has 0 saturated carbocycles. The van der Waals surface area contributed by atoms with Crippen molar-refractivity contribution >= 4 is 27.5 Å². The zero-order valence-electron chi connectivity index (χ0n) is 9.98. The minimum Gasteiger partial charge on any atom is -0.321 e. The minimum atomic E-state index is -0.469. The molecular formula is C13H10BrFN2O2. The fourth-order valence-corrected chi connectivity index (χ4v) is 1.82. The Kier molecular flexibility index (Phi) is 3.80. The molecule has 0 aliphatic heterocycles. The highest BCUT2D eigenvalue weighted by Crippen LogP contribution is 2.23. The summed E-state index contributed by atoms with van der Waals surface area (Å²) >= 11 is 3.21. The molecule has 0 aliphatic rings. The number of nitrogens with one attached hydrogen (secondary N) is 1. The smallest absolute Gasteiger partial charge is 0.255 e. The van der Waals surface area contributed by atoms with Crippen LogP contribution in [0, 0.1) is 5.82 Å². The van der Waals surface area contributed by atoms with Gasteiger partial charge < -0.3 is 9.88 Å². The predicted molar refractivity (Wildman–Crippen MR) is 73.7 cm³/mol. The molecule has 2 aromatic rings. The normalized spacial score (nSPS) is 10.3. The van der Waals surface area contributed by atoms with E-state index in [1.165, 1.54) is 41.1 Å². The summed E-state index contributed by atoms with van der Waals surface area (Å²) in [5.41, 5.74) is 0.246. The van der Waals surface area contributed by atoms with Crippen LogP contribution in [0.2, 0.25) is 0 Å². The molecule has 6 heteroatoms. The summed E-state index contributed by atoms with van der Waals surface area (Å²) in [7, 11) is 1.59. The van der Waals surface area contributed by atoms with E-state index < -0.39 is 11.7 Å². The van der Waals surface area contributed by atoms with Crippen LogP contribution in [-0.4, -0.2) is 10.5 Å². The summed E-state index contributed by atoms with van der Waals surface area (Å²) in [5, 5.41) is 2.54. The Morgan fingerprint density at radius 1 is 1.32 bits per heavy atom. The summed E-state index contributed by atoms with van der Waals surface area (Å²) in [6.07, 6.45) is 1.50. The number of anilines is 1. The van der Waals surface area contributed by atoms with Gasteiger partial charge in [-0.2, -0.15) is 0 Å². The van der Waals surface area contributed by atoms with Gasteiger partial charge in [-0.3, -0.25) is 9.59 Å². The maximum absolute atomic E-state index is 13.1. The number of aryl methyl sites for hydroxylation is 1. The summed E-state index contributed by atoms with van der Waals surface area (Å²) in [6.45, 7) is 0. The molecule has 0 saturated heterocycles. The molecule has 2 rings (SSSR count). The Morgan fingerprint density at radius 3 is 2.74 bits per heavy atom. The molecule has 1 N–H and O–H groups in total. The molecule has 98 valence electrons. The van der Waals surface area contributed by atoms with Crippen molar-refractivity contribution in [2.24, 2.45) is 7.05 Å². The molecule has 0 fully saturated rings. The molecule has 1 heterocycles. The molecule has 4 nitrogen and oxygen atoms in total. The third-order valence-corrected chi connectivity index (χ3v) is 3.23. The van der Waals surface area contributed by atoms with Gasteiger partial charge >= 0.3 is 0 Å². The van der Waals surface area contributed by atoms with Gasteiger partial charge in [0.05, 0.1) is 5.69 Å². The third kappa shape index (κ3) is 3.08. The van der Waals surface area contributed by atoms with Crippen LogP contribution >= 0.6 is 15.9 Å². The van der Waals surface area contributed by atoms with E-state index in [0.717, 1.165) is 0 Å². The SMILES string of the molecule is Cn1ccc(C(=O)Nc2cc(F)ccc2Br)cc1=O. The number of benzene rings is 1. The number of hydrogen-bond acceptors (Lipinski definition) is 2. The molecule has 0 atom stereocenters. The summed E-state index contributed by atoms with van der Waals surface area (Å²) in [4.78, 5) is 23.4. The van der Waals surface area contributed by atoms with Crippen molar-refractivity contribution in [3.05, 3.63) is 62.7 Å². The van der Waals surface area contributed by atoms with E-state index in [-0.39, 0.29) is 11.1 Å². The zero-order chi connectivity index (χ0) is 14.0. The minimum absolute atomic E-state index is 0.222. The van der Waals surface area contributed by atoms with Crippen LogP contribution in [0.5, 0.6) is 0 Å². The lowest BCUT2D eigenvalue weighted by atomic mass is 10.2. The van der Waals surface area contributed by atoms with E-state index in [9.17, 15) is 14.0 Å². The Balaban J connectivity index is 2.28. The fourth-order valence-electron chi connectivity index (χ4n) is 1.48. The van der Waals surface area contributed by atoms with Gasteiger partial charge in [0.25, 0.3) is 11.5 Å². The number of carbonyl (C=O) groups is 1. The predicted octanol–water partition coefficient (Wildman–Crippen LogP) is 2.54. The summed E-state index contributed by atoms with van der Waals surface area (Å²) in [5.74, 6) is -0.925. The van der Waals surface area contributed by atoms with Crippen molar-refractivity contribution in [2.45, 2.75) is 0 Å². The molecule has 19 heavy (non-hydrogen) atoms. The number of carbonyl (C=O) groups excluding carboxylic acids is 1. The fraction of sp³-hybridized carbons (Fsp3) is 0.0769. The largest absolute Gasteiger partial charge is 0.321 e. The summed E-state index contributed by atoms with van der Waals surface area (Å²) < 4.78 is 15.0. The molecule has 0 unspecified atom stereocenters. The van der Waals surface area contributed by atoms with Crippen molar-refractivity contribution in [1.82, 2.24) is 4.57 Å². The standard InChI is InChI=1S/C13H10BrFN2O2/c1-17-5-4-8(6-12(17)18)13(19)16-11-7-9(15)2-3-10(11)14/h2-7H,1H3,(H,16,19). The van der Waals surface area contributed by atoms with Gasteiger partial charge in [-0.15, -0.1) is 0 Å². The second-order valence-electron chi connectivity index (χ2n) is 3.94. The van der Waals surface area contributed by atoms with Crippen LogP contribution in [-0.2, 0) is 7.05 Å². The van der Waals surface area contributed by atoms with Crippen molar-refractivity contribution < 1.29 is 9.18 Å². The zero-order valence-corrected chi connectivity index (χ0v) is 11.6. The molecule has 1 aromatic heterocycles. The van der Waals surface area contributed by atoms with E-state index in [1.807, 2.05) is 0 Å². The van der Waals surface area contributed by atoms with Gasteiger partial charge in [-0.05, 0) is 40.2 Å². The van der Waals surface area contributed by atoms with E-state index >= 15 is 0 Å². The number of pyridine rings is 1. The number of rotatable bonds is 2. The van der Waals surface area contributed by atoms with Gasteiger partial charge in [0.1, 0.15) is 5.82 Å². The monoisotopic (exact) mass is 324 g/mol. The molecule has 0 bridgehead atoms. The number of aromatic nitrogens is 1. The van der Waals surface area contributed by atoms with Gasteiger partial charge in [-0.1, -0.05) is 0 Å². The molecule has 0 radical (unpaired) electrons. The highest BCUT2D eigenvalue weighted by molar-refractivity contribution is 9.10. The highest BCUT2D eigenvalue weighted by Gasteiger charge is 2.10. The topological polar surface area (TPSA) is 51.1 Å². The lowest BCUT2D eigenvalue weighted by molar-refractivity contribution is 0.102. The quantitative estimate of drug-likeness (QED) is 0.922. The number of amides is 1. The lowest BCUT2D eigenvalue weighted by Gasteiger charge is -2.07. The van der Waals surface area contributed by atoms with Crippen LogP contribution < -0.4 is 10.9 Å². The number of nitrogens with zero attached hydrogens (tertiary/aromatic N) is 1. The first kappa shape index (κ1) is 13.5. The Labute approximate surface area is 117 Å². The molecule has 0 aliphatic carbocycles. The number of halogens is 2. The first-order valence-corrected chi connectivity index (χ1v) is 6.20. The Morgan fingerprint density at radius 2 is 2.05 bits per heavy atom. The first-order chi connectivity index (χ1) is 8.97.